The molecule has 0 aliphatic rings. The second-order valence-corrected chi connectivity index (χ2v) is 8.14. The highest BCUT2D eigenvalue weighted by Gasteiger charge is 2.10. The Bertz CT molecular complexity index is 245. The lowest BCUT2D eigenvalue weighted by Crippen LogP contribution is -2.24. The van der Waals surface area contributed by atoms with Crippen LogP contribution >= 0.6 is 0 Å². The molecule has 1 N–H and O–H groups in total. The van der Waals surface area contributed by atoms with E-state index in [-0.39, 0.29) is 5.91 Å². The zero-order chi connectivity index (χ0) is 14.9. The topological polar surface area (TPSA) is 29.1 Å². The molecule has 0 spiro atoms. The smallest absolute Gasteiger partial charge is 0.219 e. The number of nitrogens with one attached hydrogen (secondary N) is 1. The number of unbranched alkanes of at least 4 members (excludes halogenated alkanes) is 2. The van der Waals surface area contributed by atoms with Crippen molar-refractivity contribution in [1.82, 2.24) is 5.32 Å². The molecule has 0 aliphatic heterocycles. The van der Waals surface area contributed by atoms with E-state index in [0.29, 0.717) is 17.3 Å². The van der Waals surface area contributed by atoms with Crippen LogP contribution < -0.4 is 5.32 Å². The van der Waals surface area contributed by atoms with Gasteiger partial charge < -0.3 is 5.32 Å². The summed E-state index contributed by atoms with van der Waals surface area (Å²) < 4.78 is 0. The lowest BCUT2D eigenvalue weighted by atomic mass is 9.89. The van der Waals surface area contributed by atoms with Gasteiger partial charge in [-0.25, -0.2) is 0 Å². The summed E-state index contributed by atoms with van der Waals surface area (Å²) in [6.07, 6.45) is 7.63. The fourth-order valence-corrected chi connectivity index (χ4v) is 2.05. The standard InChI is InChI=1S/C17H35NO/c1-16(2,3)12-9-7-8-11-15(19)18-14-10-13-17(4,5)6/h7-14H2,1-6H3,(H,18,19). The summed E-state index contributed by atoms with van der Waals surface area (Å²) in [7, 11) is 0. The molecular formula is C17H35NO. The van der Waals surface area contributed by atoms with Crippen LogP contribution in [0.2, 0.25) is 0 Å². The third-order valence-electron chi connectivity index (χ3n) is 3.26. The van der Waals surface area contributed by atoms with Crippen LogP contribution in [-0.4, -0.2) is 12.5 Å². The van der Waals surface area contributed by atoms with Gasteiger partial charge in [0, 0.05) is 13.0 Å². The van der Waals surface area contributed by atoms with Gasteiger partial charge >= 0.3 is 0 Å². The molecule has 0 bridgehead atoms. The second-order valence-electron chi connectivity index (χ2n) is 8.14. The zero-order valence-corrected chi connectivity index (χ0v) is 14.1. The molecular weight excluding hydrogens is 234 g/mol. The third-order valence-corrected chi connectivity index (χ3v) is 3.26. The Hall–Kier alpha value is -0.530. The molecule has 0 heterocycles. The molecule has 0 rings (SSSR count). The molecule has 0 radical (unpaired) electrons. The first kappa shape index (κ1) is 18.5. The molecule has 0 saturated heterocycles. The highest BCUT2D eigenvalue weighted by molar-refractivity contribution is 5.75. The molecule has 0 aromatic heterocycles. The van der Waals surface area contributed by atoms with Gasteiger partial charge in [-0.15, -0.1) is 0 Å². The van der Waals surface area contributed by atoms with E-state index >= 15 is 0 Å². The molecule has 2 nitrogen and oxygen atoms in total. The third kappa shape index (κ3) is 15.4. The van der Waals surface area contributed by atoms with Crippen molar-refractivity contribution in [2.75, 3.05) is 6.54 Å². The van der Waals surface area contributed by atoms with Crippen LogP contribution in [0.25, 0.3) is 0 Å². The number of hydrogen-bond acceptors (Lipinski definition) is 1. The van der Waals surface area contributed by atoms with Gasteiger partial charge in [0.25, 0.3) is 0 Å². The monoisotopic (exact) mass is 269 g/mol. The predicted octanol–water partition coefficient (Wildman–Crippen LogP) is 4.93. The SMILES string of the molecule is CC(C)(C)CCCCCC(=O)NCCCC(C)(C)C. The molecule has 0 aromatic rings. The molecule has 2 heteroatoms. The van der Waals surface area contributed by atoms with Crippen LogP contribution in [0.5, 0.6) is 0 Å². The molecule has 0 aromatic carbocycles. The van der Waals surface area contributed by atoms with Gasteiger partial charge in [0.2, 0.25) is 5.91 Å². The molecule has 1 amide bonds. The molecule has 0 fully saturated rings. The first-order valence-corrected chi connectivity index (χ1v) is 7.87. The minimum atomic E-state index is 0.227. The second kappa shape index (κ2) is 8.60. The van der Waals surface area contributed by atoms with Crippen molar-refractivity contribution in [3.63, 3.8) is 0 Å². The van der Waals surface area contributed by atoms with E-state index in [1.54, 1.807) is 0 Å². The van der Waals surface area contributed by atoms with E-state index in [1.165, 1.54) is 25.7 Å². The summed E-state index contributed by atoms with van der Waals surface area (Å²) in [5, 5.41) is 3.02. The fourth-order valence-electron chi connectivity index (χ4n) is 2.05. The number of carbonyl (C=O) groups excluding carboxylic acids is 1. The van der Waals surface area contributed by atoms with Crippen molar-refractivity contribution in [3.05, 3.63) is 0 Å². The van der Waals surface area contributed by atoms with Crippen molar-refractivity contribution < 1.29 is 4.79 Å². The van der Waals surface area contributed by atoms with Crippen molar-refractivity contribution in [2.24, 2.45) is 10.8 Å². The van der Waals surface area contributed by atoms with Crippen LogP contribution in [0.15, 0.2) is 0 Å². The van der Waals surface area contributed by atoms with Crippen LogP contribution in [0.3, 0.4) is 0 Å². The Balaban J connectivity index is 3.41. The first-order chi connectivity index (χ1) is 8.60. The maximum Gasteiger partial charge on any atom is 0.219 e. The Kier molecular flexibility index (Phi) is 8.36. The Labute approximate surface area is 120 Å². The van der Waals surface area contributed by atoms with Crippen LogP contribution in [0, 0.1) is 10.8 Å². The predicted molar refractivity (Wildman–Crippen MR) is 84.2 cm³/mol. The minimum absolute atomic E-state index is 0.227. The van der Waals surface area contributed by atoms with Gasteiger partial charge in [-0.05, 0) is 36.5 Å². The van der Waals surface area contributed by atoms with E-state index in [1.807, 2.05) is 0 Å². The molecule has 114 valence electrons. The number of hydrogen-bond donors (Lipinski definition) is 1. The first-order valence-electron chi connectivity index (χ1n) is 7.87. The average Bonchev–Trinajstić information content (AvgIpc) is 2.21. The van der Waals surface area contributed by atoms with E-state index in [4.69, 9.17) is 0 Å². The van der Waals surface area contributed by atoms with E-state index < -0.39 is 0 Å². The Morgan fingerprint density at radius 1 is 0.789 bits per heavy atom. The molecule has 0 saturated carbocycles. The van der Waals surface area contributed by atoms with E-state index in [2.05, 4.69) is 46.9 Å². The maximum absolute atomic E-state index is 11.6. The summed E-state index contributed by atoms with van der Waals surface area (Å²) in [6.45, 7) is 14.4. The van der Waals surface area contributed by atoms with Gasteiger partial charge in [0.15, 0.2) is 0 Å². The summed E-state index contributed by atoms with van der Waals surface area (Å²) in [5.41, 5.74) is 0.799. The quantitative estimate of drug-likeness (QED) is 0.622. The number of amides is 1. The van der Waals surface area contributed by atoms with E-state index in [9.17, 15) is 4.79 Å². The minimum Gasteiger partial charge on any atom is -0.356 e. The number of carbonyl (C=O) groups is 1. The molecule has 19 heavy (non-hydrogen) atoms. The highest BCUT2D eigenvalue weighted by atomic mass is 16.1. The van der Waals surface area contributed by atoms with Crippen LogP contribution in [0.1, 0.15) is 86.5 Å². The van der Waals surface area contributed by atoms with Crippen molar-refractivity contribution >= 4 is 5.91 Å². The maximum atomic E-state index is 11.6. The fraction of sp³-hybridized carbons (Fsp3) is 0.941. The van der Waals surface area contributed by atoms with Gasteiger partial charge in [-0.2, -0.15) is 0 Å². The molecule has 0 unspecified atom stereocenters. The Morgan fingerprint density at radius 3 is 1.84 bits per heavy atom. The van der Waals surface area contributed by atoms with Crippen LogP contribution in [0.4, 0.5) is 0 Å². The summed E-state index contributed by atoms with van der Waals surface area (Å²) in [4.78, 5) is 11.6. The zero-order valence-electron chi connectivity index (χ0n) is 14.1. The molecule has 0 atom stereocenters. The lowest BCUT2D eigenvalue weighted by Gasteiger charge is -2.18. The van der Waals surface area contributed by atoms with Gasteiger partial charge in [-0.1, -0.05) is 54.4 Å². The summed E-state index contributed by atoms with van der Waals surface area (Å²) in [6, 6.07) is 0. The van der Waals surface area contributed by atoms with Gasteiger partial charge in [0.1, 0.15) is 0 Å². The number of rotatable bonds is 8. The van der Waals surface area contributed by atoms with Crippen molar-refractivity contribution in [1.29, 1.82) is 0 Å². The van der Waals surface area contributed by atoms with Gasteiger partial charge in [-0.3, -0.25) is 4.79 Å². The van der Waals surface area contributed by atoms with E-state index in [0.717, 1.165) is 19.4 Å². The van der Waals surface area contributed by atoms with Crippen LogP contribution in [-0.2, 0) is 4.79 Å². The summed E-state index contributed by atoms with van der Waals surface area (Å²) in [5.74, 6) is 0.227. The normalized spacial score (nSPS) is 12.5. The van der Waals surface area contributed by atoms with Crippen molar-refractivity contribution in [3.8, 4) is 0 Å². The lowest BCUT2D eigenvalue weighted by molar-refractivity contribution is -0.121. The van der Waals surface area contributed by atoms with Crippen molar-refractivity contribution in [2.45, 2.75) is 86.5 Å². The molecule has 0 aliphatic carbocycles. The Morgan fingerprint density at radius 2 is 1.32 bits per heavy atom. The highest BCUT2D eigenvalue weighted by Crippen LogP contribution is 2.22. The van der Waals surface area contributed by atoms with Gasteiger partial charge in [0.05, 0.1) is 0 Å². The average molecular weight is 269 g/mol. The summed E-state index contributed by atoms with van der Waals surface area (Å²) >= 11 is 0. The largest absolute Gasteiger partial charge is 0.356 e.